The fraction of sp³-hybridized carbons (Fsp3) is 0.429. The molecule has 0 spiro atoms. The van der Waals surface area contributed by atoms with E-state index in [-0.39, 0.29) is 5.52 Å². The third-order valence-corrected chi connectivity index (χ3v) is 3.68. The lowest BCUT2D eigenvalue weighted by molar-refractivity contribution is -0.137. The number of hydrogen-bond acceptors (Lipinski definition) is 4. The van der Waals surface area contributed by atoms with Gasteiger partial charge in [-0.1, -0.05) is 0 Å². The molecule has 0 unspecified atom stereocenters. The minimum absolute atomic E-state index is 0.266. The second-order valence-electron chi connectivity index (χ2n) is 5.22. The molecule has 1 saturated heterocycles. The molecule has 1 aromatic carbocycles. The van der Waals surface area contributed by atoms with Crippen LogP contribution in [0.4, 0.5) is 19.0 Å². The predicted molar refractivity (Wildman–Crippen MR) is 74.3 cm³/mol. The highest BCUT2D eigenvalue weighted by atomic mass is 19.4. The number of piperazine rings is 1. The van der Waals surface area contributed by atoms with E-state index in [1.807, 2.05) is 0 Å². The molecule has 0 saturated carbocycles. The van der Waals surface area contributed by atoms with Crippen LogP contribution < -0.4 is 4.90 Å². The van der Waals surface area contributed by atoms with Crippen molar-refractivity contribution in [1.82, 2.24) is 14.9 Å². The van der Waals surface area contributed by atoms with Crippen molar-refractivity contribution in [1.29, 1.82) is 0 Å². The smallest absolute Gasteiger partial charge is 0.353 e. The Labute approximate surface area is 120 Å². The third-order valence-electron chi connectivity index (χ3n) is 3.68. The van der Waals surface area contributed by atoms with Gasteiger partial charge in [0.2, 0.25) is 0 Å². The van der Waals surface area contributed by atoms with Gasteiger partial charge in [0, 0.05) is 26.2 Å². The Kier molecular flexibility index (Phi) is 3.44. The lowest BCUT2D eigenvalue weighted by atomic mass is 10.2. The number of fused-ring (bicyclic) bond motifs is 1. The summed E-state index contributed by atoms with van der Waals surface area (Å²) >= 11 is 0. The molecule has 2 aromatic rings. The molecule has 0 bridgehead atoms. The number of halogens is 3. The molecule has 0 N–H and O–H groups in total. The van der Waals surface area contributed by atoms with Crippen molar-refractivity contribution < 1.29 is 13.2 Å². The van der Waals surface area contributed by atoms with E-state index in [0.29, 0.717) is 5.52 Å². The zero-order valence-corrected chi connectivity index (χ0v) is 11.6. The van der Waals surface area contributed by atoms with Crippen LogP contribution in [0.5, 0.6) is 0 Å². The van der Waals surface area contributed by atoms with E-state index < -0.39 is 11.7 Å². The van der Waals surface area contributed by atoms with Gasteiger partial charge < -0.3 is 9.80 Å². The van der Waals surface area contributed by atoms with Gasteiger partial charge in [0.25, 0.3) is 0 Å². The predicted octanol–water partition coefficient (Wildman–Crippen LogP) is 2.40. The molecule has 21 heavy (non-hydrogen) atoms. The standard InChI is InChI=1S/C14H15F3N4/c1-20-4-6-21(7-5-20)13-9-18-12-8-10(14(15,16)17)2-3-11(12)19-13/h2-3,8-9H,4-7H2,1H3. The van der Waals surface area contributed by atoms with Crippen molar-refractivity contribution in [2.75, 3.05) is 38.1 Å². The third kappa shape index (κ3) is 2.92. The van der Waals surface area contributed by atoms with Crippen molar-refractivity contribution in [3.8, 4) is 0 Å². The summed E-state index contributed by atoms with van der Waals surface area (Å²) in [7, 11) is 2.06. The summed E-state index contributed by atoms with van der Waals surface area (Å²) in [4.78, 5) is 12.9. The topological polar surface area (TPSA) is 32.3 Å². The van der Waals surface area contributed by atoms with Gasteiger partial charge in [0.15, 0.2) is 0 Å². The van der Waals surface area contributed by atoms with Crippen LogP contribution in [-0.2, 0) is 6.18 Å². The molecule has 0 atom stereocenters. The van der Waals surface area contributed by atoms with E-state index in [1.54, 1.807) is 6.20 Å². The highest BCUT2D eigenvalue weighted by molar-refractivity contribution is 5.76. The number of hydrogen-bond donors (Lipinski definition) is 0. The van der Waals surface area contributed by atoms with Crippen LogP contribution in [0.3, 0.4) is 0 Å². The first kappa shape index (κ1) is 14.1. The van der Waals surface area contributed by atoms with Crippen LogP contribution in [0.2, 0.25) is 0 Å². The Morgan fingerprint density at radius 1 is 1.05 bits per heavy atom. The van der Waals surface area contributed by atoms with Crippen LogP contribution in [0.1, 0.15) is 5.56 Å². The summed E-state index contributed by atoms with van der Waals surface area (Å²) in [5.74, 6) is 0.718. The summed E-state index contributed by atoms with van der Waals surface area (Å²) < 4.78 is 38.0. The summed E-state index contributed by atoms with van der Waals surface area (Å²) in [5, 5.41) is 0. The molecule has 112 valence electrons. The van der Waals surface area contributed by atoms with Gasteiger partial charge in [0.05, 0.1) is 22.8 Å². The molecule has 1 aromatic heterocycles. The first-order valence-electron chi connectivity index (χ1n) is 6.71. The van der Waals surface area contributed by atoms with E-state index in [0.717, 1.165) is 44.1 Å². The number of anilines is 1. The second kappa shape index (κ2) is 5.14. The Morgan fingerprint density at radius 2 is 1.76 bits per heavy atom. The number of aromatic nitrogens is 2. The van der Waals surface area contributed by atoms with Gasteiger partial charge in [-0.15, -0.1) is 0 Å². The van der Waals surface area contributed by atoms with E-state index >= 15 is 0 Å². The molecule has 3 rings (SSSR count). The lowest BCUT2D eigenvalue weighted by Gasteiger charge is -2.33. The van der Waals surface area contributed by atoms with Crippen molar-refractivity contribution in [3.63, 3.8) is 0 Å². The Hall–Kier alpha value is -1.89. The zero-order chi connectivity index (χ0) is 15.0. The van der Waals surface area contributed by atoms with Crippen LogP contribution in [0, 0.1) is 0 Å². The maximum atomic E-state index is 12.7. The lowest BCUT2D eigenvalue weighted by Crippen LogP contribution is -2.44. The highest BCUT2D eigenvalue weighted by Gasteiger charge is 2.30. The van der Waals surface area contributed by atoms with E-state index in [9.17, 15) is 13.2 Å². The summed E-state index contributed by atoms with van der Waals surface area (Å²) in [6.45, 7) is 3.56. The maximum absolute atomic E-state index is 12.7. The van der Waals surface area contributed by atoms with E-state index in [1.165, 1.54) is 6.07 Å². The normalized spacial score (nSPS) is 17.4. The van der Waals surface area contributed by atoms with Crippen molar-refractivity contribution in [2.24, 2.45) is 0 Å². The highest BCUT2D eigenvalue weighted by Crippen LogP contribution is 2.31. The summed E-state index contributed by atoms with van der Waals surface area (Å²) in [6.07, 6.45) is -2.81. The van der Waals surface area contributed by atoms with Gasteiger partial charge in [0.1, 0.15) is 5.82 Å². The number of nitrogens with zero attached hydrogens (tertiary/aromatic N) is 4. The molecule has 0 amide bonds. The zero-order valence-electron chi connectivity index (χ0n) is 11.6. The minimum atomic E-state index is -4.36. The Balaban J connectivity index is 1.91. The van der Waals surface area contributed by atoms with Crippen LogP contribution in [-0.4, -0.2) is 48.1 Å². The molecule has 4 nitrogen and oxygen atoms in total. The fourth-order valence-electron chi connectivity index (χ4n) is 2.37. The van der Waals surface area contributed by atoms with E-state index in [4.69, 9.17) is 0 Å². The number of alkyl halides is 3. The first-order chi connectivity index (χ1) is 9.93. The summed E-state index contributed by atoms with van der Waals surface area (Å²) in [6, 6.07) is 3.46. The average Bonchev–Trinajstić information content (AvgIpc) is 2.46. The minimum Gasteiger partial charge on any atom is -0.353 e. The fourth-order valence-corrected chi connectivity index (χ4v) is 2.37. The van der Waals surface area contributed by atoms with Crippen LogP contribution in [0.25, 0.3) is 11.0 Å². The molecular weight excluding hydrogens is 281 g/mol. The van der Waals surface area contributed by atoms with Gasteiger partial charge in [-0.3, -0.25) is 4.98 Å². The van der Waals surface area contributed by atoms with Crippen molar-refractivity contribution in [2.45, 2.75) is 6.18 Å². The molecule has 1 fully saturated rings. The first-order valence-corrected chi connectivity index (χ1v) is 6.71. The Bertz CT molecular complexity index is 648. The quantitative estimate of drug-likeness (QED) is 0.809. The van der Waals surface area contributed by atoms with Gasteiger partial charge in [-0.05, 0) is 25.2 Å². The molecule has 7 heteroatoms. The van der Waals surface area contributed by atoms with Crippen LogP contribution in [0.15, 0.2) is 24.4 Å². The maximum Gasteiger partial charge on any atom is 0.416 e. The number of likely N-dealkylation sites (N-methyl/N-ethyl adjacent to an activating group) is 1. The molecule has 0 aliphatic carbocycles. The van der Waals surface area contributed by atoms with E-state index in [2.05, 4.69) is 26.8 Å². The second-order valence-corrected chi connectivity index (χ2v) is 5.22. The molecule has 1 aliphatic heterocycles. The van der Waals surface area contributed by atoms with Gasteiger partial charge in [-0.25, -0.2) is 4.98 Å². The van der Waals surface area contributed by atoms with Gasteiger partial charge in [-0.2, -0.15) is 13.2 Å². The van der Waals surface area contributed by atoms with Crippen molar-refractivity contribution in [3.05, 3.63) is 30.0 Å². The monoisotopic (exact) mass is 296 g/mol. The largest absolute Gasteiger partial charge is 0.416 e. The SMILES string of the molecule is CN1CCN(c2cnc3cc(C(F)(F)F)ccc3n2)CC1. The van der Waals surface area contributed by atoms with Crippen LogP contribution >= 0.6 is 0 Å². The molecular formula is C14H15F3N4. The molecule has 2 heterocycles. The molecule has 1 aliphatic rings. The van der Waals surface area contributed by atoms with Gasteiger partial charge >= 0.3 is 6.18 Å². The molecule has 0 radical (unpaired) electrons. The number of benzene rings is 1. The summed E-state index contributed by atoms with van der Waals surface area (Å²) in [5.41, 5.74) is 0.0544. The van der Waals surface area contributed by atoms with Crippen molar-refractivity contribution >= 4 is 16.9 Å². The Morgan fingerprint density at radius 3 is 2.43 bits per heavy atom. The number of rotatable bonds is 1. The average molecular weight is 296 g/mol.